The number of methoxy groups -OCH3 is 3. The van der Waals surface area contributed by atoms with E-state index in [1.807, 2.05) is 30.3 Å². The third-order valence-corrected chi connectivity index (χ3v) is 4.51. The summed E-state index contributed by atoms with van der Waals surface area (Å²) in [5.74, 6) is 1.09. The molecule has 0 aliphatic rings. The average Bonchev–Trinajstić information content (AvgIpc) is 2.73. The maximum atomic E-state index is 12.6. The molecule has 0 radical (unpaired) electrons. The van der Waals surface area contributed by atoms with Crippen molar-refractivity contribution in [3.63, 3.8) is 0 Å². The van der Waals surface area contributed by atoms with Gasteiger partial charge in [-0.15, -0.1) is 0 Å². The second kappa shape index (κ2) is 8.63. The Kier molecular flexibility index (Phi) is 6.01. The second-order valence-electron chi connectivity index (χ2n) is 5.83. The molecule has 3 rings (SSSR count). The van der Waals surface area contributed by atoms with Gasteiger partial charge in [-0.05, 0) is 29.0 Å². The van der Waals surface area contributed by atoms with E-state index in [-0.39, 0.29) is 0 Å². The van der Waals surface area contributed by atoms with Crippen molar-refractivity contribution in [2.24, 2.45) is 5.10 Å². The Hall–Kier alpha value is -3.25. The van der Waals surface area contributed by atoms with Gasteiger partial charge in [0.05, 0.1) is 38.1 Å². The van der Waals surface area contributed by atoms with Crippen LogP contribution in [0.1, 0.15) is 15.9 Å². The van der Waals surface area contributed by atoms with Crippen molar-refractivity contribution in [2.45, 2.75) is 0 Å². The van der Waals surface area contributed by atoms with Crippen LogP contribution in [0.3, 0.4) is 0 Å². The molecule has 0 aliphatic carbocycles. The fraction of sp³-hybridized carbons (Fsp3) is 0.143. The topological polar surface area (TPSA) is 69.2 Å². The molecule has 0 saturated carbocycles. The molecular weight excluding hydrogens is 380 g/mol. The molecule has 1 N–H and O–H groups in total. The highest BCUT2D eigenvalue weighted by atomic mass is 35.5. The molecule has 3 aromatic carbocycles. The van der Waals surface area contributed by atoms with E-state index in [9.17, 15) is 4.79 Å². The molecule has 0 atom stereocenters. The average molecular weight is 399 g/mol. The van der Waals surface area contributed by atoms with Gasteiger partial charge in [-0.2, -0.15) is 5.10 Å². The molecule has 144 valence electrons. The first kappa shape index (κ1) is 19.5. The van der Waals surface area contributed by atoms with Gasteiger partial charge < -0.3 is 14.2 Å². The first-order valence-corrected chi connectivity index (χ1v) is 8.77. The van der Waals surface area contributed by atoms with Crippen LogP contribution in [-0.4, -0.2) is 33.5 Å². The zero-order valence-corrected chi connectivity index (χ0v) is 16.4. The molecule has 0 fully saturated rings. The normalized spacial score (nSPS) is 10.9. The quantitative estimate of drug-likeness (QED) is 0.497. The largest absolute Gasteiger partial charge is 0.496 e. The monoisotopic (exact) mass is 398 g/mol. The standard InChI is InChI=1S/C21H19ClN2O4/c1-26-18-9-14-7-5-4-6-13(14)8-16(18)21(25)24-23-12-15-10-19(27-2)20(28-3)11-17(15)22/h4-12H,1-3H3,(H,24,25)/b23-12-. The van der Waals surface area contributed by atoms with Crippen molar-refractivity contribution in [1.82, 2.24) is 5.43 Å². The van der Waals surface area contributed by atoms with Gasteiger partial charge in [-0.1, -0.05) is 35.9 Å². The van der Waals surface area contributed by atoms with Gasteiger partial charge in [0, 0.05) is 11.6 Å². The summed E-state index contributed by atoms with van der Waals surface area (Å²) in [6.07, 6.45) is 1.44. The number of hydrogen-bond donors (Lipinski definition) is 1. The summed E-state index contributed by atoms with van der Waals surface area (Å²) in [5.41, 5.74) is 3.46. The smallest absolute Gasteiger partial charge is 0.275 e. The lowest BCUT2D eigenvalue weighted by molar-refractivity contribution is 0.0952. The number of halogens is 1. The summed E-state index contributed by atoms with van der Waals surface area (Å²) in [5, 5.41) is 6.33. The Labute approximate surface area is 167 Å². The number of ether oxygens (including phenoxy) is 3. The van der Waals surface area contributed by atoms with Crippen LogP contribution in [0.4, 0.5) is 0 Å². The minimum atomic E-state index is -0.393. The third-order valence-electron chi connectivity index (χ3n) is 4.19. The number of benzene rings is 3. The van der Waals surface area contributed by atoms with Crippen LogP contribution in [0.25, 0.3) is 10.8 Å². The van der Waals surface area contributed by atoms with Gasteiger partial charge in [0.1, 0.15) is 5.75 Å². The van der Waals surface area contributed by atoms with Gasteiger partial charge in [0.25, 0.3) is 5.91 Å². The first-order chi connectivity index (χ1) is 13.6. The molecule has 0 unspecified atom stereocenters. The maximum absolute atomic E-state index is 12.6. The zero-order valence-electron chi connectivity index (χ0n) is 15.7. The van der Waals surface area contributed by atoms with Gasteiger partial charge in [0.15, 0.2) is 11.5 Å². The highest BCUT2D eigenvalue weighted by Gasteiger charge is 2.13. The summed E-state index contributed by atoms with van der Waals surface area (Å²) < 4.78 is 15.8. The molecule has 0 bridgehead atoms. The van der Waals surface area contributed by atoms with Crippen LogP contribution in [0.15, 0.2) is 53.6 Å². The Morgan fingerprint density at radius 1 is 0.929 bits per heavy atom. The number of carbonyl (C=O) groups excluding carboxylic acids is 1. The number of rotatable bonds is 6. The molecule has 0 spiro atoms. The zero-order chi connectivity index (χ0) is 20.1. The lowest BCUT2D eigenvalue weighted by Gasteiger charge is -2.10. The summed E-state index contributed by atoms with van der Waals surface area (Å²) in [6, 6.07) is 14.6. The molecule has 7 heteroatoms. The molecule has 0 aromatic heterocycles. The number of fused-ring (bicyclic) bond motifs is 1. The SMILES string of the molecule is COc1cc(Cl)c(/C=N\NC(=O)c2cc3ccccc3cc2OC)cc1OC. The minimum absolute atomic E-state index is 0.386. The lowest BCUT2D eigenvalue weighted by Crippen LogP contribution is -2.18. The molecule has 0 heterocycles. The van der Waals surface area contributed by atoms with Gasteiger partial charge in [0.2, 0.25) is 0 Å². The van der Waals surface area contributed by atoms with Crippen LogP contribution >= 0.6 is 11.6 Å². The van der Waals surface area contributed by atoms with Crippen molar-refractivity contribution in [1.29, 1.82) is 0 Å². The molecule has 0 aliphatic heterocycles. The molecule has 28 heavy (non-hydrogen) atoms. The van der Waals surface area contributed by atoms with E-state index in [0.29, 0.717) is 33.4 Å². The van der Waals surface area contributed by atoms with Gasteiger partial charge in [-0.25, -0.2) is 5.43 Å². The second-order valence-corrected chi connectivity index (χ2v) is 6.23. The highest BCUT2D eigenvalue weighted by molar-refractivity contribution is 6.33. The van der Waals surface area contributed by atoms with E-state index in [1.165, 1.54) is 27.5 Å². The van der Waals surface area contributed by atoms with Crippen molar-refractivity contribution in [2.75, 3.05) is 21.3 Å². The molecule has 1 amide bonds. The number of hydrazone groups is 1. The van der Waals surface area contributed by atoms with Crippen molar-refractivity contribution < 1.29 is 19.0 Å². The Morgan fingerprint density at radius 2 is 1.54 bits per heavy atom. The van der Waals surface area contributed by atoms with Crippen LogP contribution < -0.4 is 19.6 Å². The van der Waals surface area contributed by atoms with Gasteiger partial charge >= 0.3 is 0 Å². The number of nitrogens with one attached hydrogen (secondary N) is 1. The summed E-state index contributed by atoms with van der Waals surface area (Å²) >= 11 is 6.22. The lowest BCUT2D eigenvalue weighted by atomic mass is 10.1. The fourth-order valence-corrected chi connectivity index (χ4v) is 2.96. The van der Waals surface area contributed by atoms with Crippen LogP contribution in [0.5, 0.6) is 17.2 Å². The predicted octanol–water partition coefficient (Wildman–Crippen LogP) is 4.28. The van der Waals surface area contributed by atoms with E-state index in [0.717, 1.165) is 10.8 Å². The third kappa shape index (κ3) is 4.02. The minimum Gasteiger partial charge on any atom is -0.496 e. The molecule has 6 nitrogen and oxygen atoms in total. The molecular formula is C21H19ClN2O4. The van der Waals surface area contributed by atoms with Crippen LogP contribution in [-0.2, 0) is 0 Å². The summed E-state index contributed by atoms with van der Waals surface area (Å²) in [4.78, 5) is 12.6. The van der Waals surface area contributed by atoms with E-state index in [1.54, 1.807) is 18.2 Å². The van der Waals surface area contributed by atoms with Crippen molar-refractivity contribution in [3.05, 3.63) is 64.7 Å². The van der Waals surface area contributed by atoms with Crippen molar-refractivity contribution in [3.8, 4) is 17.2 Å². The fourth-order valence-electron chi connectivity index (χ4n) is 2.76. The number of hydrogen-bond acceptors (Lipinski definition) is 5. The van der Waals surface area contributed by atoms with Crippen molar-refractivity contribution >= 4 is 34.5 Å². The van der Waals surface area contributed by atoms with E-state index >= 15 is 0 Å². The highest BCUT2D eigenvalue weighted by Crippen LogP contribution is 2.32. The van der Waals surface area contributed by atoms with E-state index in [4.69, 9.17) is 25.8 Å². The van der Waals surface area contributed by atoms with Gasteiger partial charge in [-0.3, -0.25) is 4.79 Å². The van der Waals surface area contributed by atoms with E-state index in [2.05, 4.69) is 10.5 Å². The van der Waals surface area contributed by atoms with E-state index < -0.39 is 5.91 Å². The number of carbonyl (C=O) groups is 1. The Bertz CT molecular complexity index is 1050. The summed E-state index contributed by atoms with van der Waals surface area (Å²) in [6.45, 7) is 0. The maximum Gasteiger partial charge on any atom is 0.275 e. The molecule has 0 saturated heterocycles. The number of amides is 1. The van der Waals surface area contributed by atoms with Crippen LogP contribution in [0, 0.1) is 0 Å². The van der Waals surface area contributed by atoms with Crippen LogP contribution in [0.2, 0.25) is 5.02 Å². The predicted molar refractivity (Wildman–Crippen MR) is 110 cm³/mol. The number of nitrogens with zero attached hydrogens (tertiary/aromatic N) is 1. The Balaban J connectivity index is 1.83. The summed E-state index contributed by atoms with van der Waals surface area (Å²) in [7, 11) is 4.58. The molecule has 3 aromatic rings. The Morgan fingerprint density at radius 3 is 2.18 bits per heavy atom. The first-order valence-electron chi connectivity index (χ1n) is 8.39.